The average Bonchev–Trinajstić information content (AvgIpc) is 2.85. The maximum Gasteiger partial charge on any atom is 0.248 e. The third-order valence-electron chi connectivity index (χ3n) is 3.01. The molecular formula is C14H18N4O. The first-order chi connectivity index (χ1) is 9.11. The molecule has 0 saturated heterocycles. The zero-order valence-electron chi connectivity index (χ0n) is 11.1. The molecule has 100 valence electrons. The van der Waals surface area contributed by atoms with Gasteiger partial charge >= 0.3 is 0 Å². The molecule has 0 radical (unpaired) electrons. The summed E-state index contributed by atoms with van der Waals surface area (Å²) >= 11 is 0. The van der Waals surface area contributed by atoms with E-state index >= 15 is 0 Å². The largest absolute Gasteiger partial charge is 0.326 e. The number of nitrogens with one attached hydrogen (secondary N) is 1. The van der Waals surface area contributed by atoms with E-state index in [0.29, 0.717) is 6.54 Å². The van der Waals surface area contributed by atoms with Gasteiger partial charge in [0.1, 0.15) is 6.04 Å². The Morgan fingerprint density at radius 1 is 1.42 bits per heavy atom. The van der Waals surface area contributed by atoms with Gasteiger partial charge in [0.15, 0.2) is 0 Å². The van der Waals surface area contributed by atoms with Gasteiger partial charge in [-0.05, 0) is 31.5 Å². The van der Waals surface area contributed by atoms with Crippen LogP contribution in [0.3, 0.4) is 0 Å². The molecule has 19 heavy (non-hydrogen) atoms. The van der Waals surface area contributed by atoms with Gasteiger partial charge in [0.2, 0.25) is 5.91 Å². The molecule has 1 unspecified atom stereocenters. The van der Waals surface area contributed by atoms with E-state index in [2.05, 4.69) is 10.4 Å². The molecule has 0 aliphatic rings. The van der Waals surface area contributed by atoms with Crippen LogP contribution in [0.15, 0.2) is 36.5 Å². The van der Waals surface area contributed by atoms with Crippen LogP contribution in [-0.4, -0.2) is 15.7 Å². The number of nitrogens with two attached hydrogens (primary N) is 1. The molecule has 0 fully saturated rings. The summed E-state index contributed by atoms with van der Waals surface area (Å²) in [6, 6.07) is 9.03. The number of amides is 1. The third-order valence-corrected chi connectivity index (χ3v) is 3.01. The van der Waals surface area contributed by atoms with Crippen molar-refractivity contribution >= 4 is 11.6 Å². The second-order valence-corrected chi connectivity index (χ2v) is 4.46. The number of carbonyl (C=O) groups excluding carboxylic acids is 1. The van der Waals surface area contributed by atoms with Crippen molar-refractivity contribution in [3.8, 4) is 0 Å². The monoisotopic (exact) mass is 258 g/mol. The molecule has 1 atom stereocenters. The number of rotatable bonds is 4. The predicted molar refractivity (Wildman–Crippen MR) is 74.6 cm³/mol. The van der Waals surface area contributed by atoms with Crippen molar-refractivity contribution in [3.63, 3.8) is 0 Å². The van der Waals surface area contributed by atoms with E-state index in [0.717, 1.165) is 16.9 Å². The molecular weight excluding hydrogens is 240 g/mol. The van der Waals surface area contributed by atoms with E-state index in [1.165, 1.54) is 0 Å². The lowest BCUT2D eigenvalue weighted by molar-refractivity contribution is -0.119. The van der Waals surface area contributed by atoms with Crippen LogP contribution >= 0.6 is 0 Å². The smallest absolute Gasteiger partial charge is 0.248 e. The van der Waals surface area contributed by atoms with E-state index in [-0.39, 0.29) is 11.9 Å². The average molecular weight is 258 g/mol. The van der Waals surface area contributed by atoms with Crippen LogP contribution in [0.2, 0.25) is 0 Å². The molecule has 5 nitrogen and oxygen atoms in total. The Kier molecular flexibility index (Phi) is 3.97. The Bertz CT molecular complexity index is 576. The molecule has 0 aliphatic carbocycles. The summed E-state index contributed by atoms with van der Waals surface area (Å²) < 4.78 is 1.65. The van der Waals surface area contributed by atoms with Gasteiger partial charge in [-0.15, -0.1) is 0 Å². The van der Waals surface area contributed by atoms with Crippen molar-refractivity contribution in [3.05, 3.63) is 47.8 Å². The number of para-hydroxylation sites is 1. The van der Waals surface area contributed by atoms with Crippen LogP contribution < -0.4 is 11.1 Å². The zero-order chi connectivity index (χ0) is 13.8. The molecule has 1 heterocycles. The summed E-state index contributed by atoms with van der Waals surface area (Å²) in [6.07, 6.45) is 1.80. The maximum atomic E-state index is 12.2. The number of hydrogen-bond donors (Lipinski definition) is 2. The molecule has 3 N–H and O–H groups in total. The molecule has 2 rings (SSSR count). The standard InChI is InChI=1S/C14H18N4O/c1-10-7-8-18(17-10)11(2)14(19)16-13-6-4-3-5-12(13)9-15/h3-8,11H,9,15H2,1-2H3,(H,16,19). The van der Waals surface area contributed by atoms with Gasteiger partial charge in [0.05, 0.1) is 5.69 Å². The molecule has 0 spiro atoms. The van der Waals surface area contributed by atoms with Crippen molar-refractivity contribution in [2.75, 3.05) is 5.32 Å². The van der Waals surface area contributed by atoms with E-state index < -0.39 is 0 Å². The van der Waals surface area contributed by atoms with Crippen LogP contribution in [0, 0.1) is 6.92 Å². The summed E-state index contributed by atoms with van der Waals surface area (Å²) in [4.78, 5) is 12.2. The molecule has 1 amide bonds. The van der Waals surface area contributed by atoms with E-state index in [9.17, 15) is 4.79 Å². The second kappa shape index (κ2) is 5.67. The minimum atomic E-state index is -0.362. The first-order valence-corrected chi connectivity index (χ1v) is 6.22. The fraction of sp³-hybridized carbons (Fsp3) is 0.286. The molecule has 2 aromatic rings. The van der Waals surface area contributed by atoms with Gasteiger partial charge in [-0.2, -0.15) is 5.10 Å². The zero-order valence-corrected chi connectivity index (χ0v) is 11.1. The van der Waals surface area contributed by atoms with Crippen molar-refractivity contribution in [2.24, 2.45) is 5.73 Å². The Hall–Kier alpha value is -2.14. The number of hydrogen-bond acceptors (Lipinski definition) is 3. The molecule has 0 aliphatic heterocycles. The normalized spacial score (nSPS) is 12.2. The van der Waals surface area contributed by atoms with E-state index in [4.69, 9.17) is 5.73 Å². The Morgan fingerprint density at radius 2 is 2.16 bits per heavy atom. The van der Waals surface area contributed by atoms with Gasteiger partial charge in [-0.1, -0.05) is 18.2 Å². The minimum Gasteiger partial charge on any atom is -0.326 e. The topological polar surface area (TPSA) is 72.9 Å². The lowest BCUT2D eigenvalue weighted by Crippen LogP contribution is -2.24. The van der Waals surface area contributed by atoms with Crippen LogP contribution in [0.5, 0.6) is 0 Å². The number of benzene rings is 1. The third kappa shape index (κ3) is 3.00. The quantitative estimate of drug-likeness (QED) is 0.879. The van der Waals surface area contributed by atoms with E-state index in [1.807, 2.05) is 44.2 Å². The van der Waals surface area contributed by atoms with Crippen molar-refractivity contribution < 1.29 is 4.79 Å². The number of nitrogens with zero attached hydrogens (tertiary/aromatic N) is 2. The summed E-state index contributed by atoms with van der Waals surface area (Å²) in [7, 11) is 0. The van der Waals surface area contributed by atoms with Crippen LogP contribution in [0.4, 0.5) is 5.69 Å². The highest BCUT2D eigenvalue weighted by atomic mass is 16.2. The highest BCUT2D eigenvalue weighted by Gasteiger charge is 2.16. The maximum absolute atomic E-state index is 12.2. The van der Waals surface area contributed by atoms with E-state index in [1.54, 1.807) is 10.9 Å². The van der Waals surface area contributed by atoms with Gasteiger partial charge in [-0.25, -0.2) is 0 Å². The van der Waals surface area contributed by atoms with Crippen molar-refractivity contribution in [1.29, 1.82) is 0 Å². The Morgan fingerprint density at radius 3 is 2.79 bits per heavy atom. The second-order valence-electron chi connectivity index (χ2n) is 4.46. The molecule has 1 aromatic heterocycles. The Labute approximate surface area is 112 Å². The fourth-order valence-electron chi connectivity index (χ4n) is 1.83. The highest BCUT2D eigenvalue weighted by molar-refractivity contribution is 5.94. The number of aryl methyl sites for hydroxylation is 1. The molecule has 0 saturated carbocycles. The lowest BCUT2D eigenvalue weighted by Gasteiger charge is -2.14. The molecule has 0 bridgehead atoms. The first-order valence-electron chi connectivity index (χ1n) is 6.22. The van der Waals surface area contributed by atoms with Gasteiger partial charge < -0.3 is 11.1 Å². The van der Waals surface area contributed by atoms with Gasteiger partial charge in [0.25, 0.3) is 0 Å². The van der Waals surface area contributed by atoms with Crippen molar-refractivity contribution in [1.82, 2.24) is 9.78 Å². The number of anilines is 1. The van der Waals surface area contributed by atoms with Crippen LogP contribution in [0.1, 0.15) is 24.2 Å². The minimum absolute atomic E-state index is 0.107. The van der Waals surface area contributed by atoms with Crippen LogP contribution in [-0.2, 0) is 11.3 Å². The number of aromatic nitrogens is 2. The predicted octanol–water partition coefficient (Wildman–Crippen LogP) is 1.85. The number of carbonyl (C=O) groups is 1. The molecule has 5 heteroatoms. The molecule has 1 aromatic carbocycles. The SMILES string of the molecule is Cc1ccn(C(C)C(=O)Nc2ccccc2CN)n1. The Balaban J connectivity index is 2.12. The fourth-order valence-corrected chi connectivity index (χ4v) is 1.83. The summed E-state index contributed by atoms with van der Waals surface area (Å²) in [5, 5.41) is 7.14. The van der Waals surface area contributed by atoms with Gasteiger partial charge in [-0.3, -0.25) is 9.48 Å². The summed E-state index contributed by atoms with van der Waals surface area (Å²) in [5.41, 5.74) is 8.21. The summed E-state index contributed by atoms with van der Waals surface area (Å²) in [5.74, 6) is -0.107. The van der Waals surface area contributed by atoms with Crippen molar-refractivity contribution in [2.45, 2.75) is 26.4 Å². The van der Waals surface area contributed by atoms with Crippen LogP contribution in [0.25, 0.3) is 0 Å². The lowest BCUT2D eigenvalue weighted by atomic mass is 10.1. The van der Waals surface area contributed by atoms with Gasteiger partial charge in [0, 0.05) is 18.4 Å². The highest BCUT2D eigenvalue weighted by Crippen LogP contribution is 2.16. The summed E-state index contributed by atoms with van der Waals surface area (Å²) in [6.45, 7) is 4.10. The first kappa shape index (κ1) is 13.3.